The number of carbonyl (C=O) groups excluding carboxylic acids is 2. The van der Waals surface area contributed by atoms with Crippen molar-refractivity contribution in [3.63, 3.8) is 0 Å². The standard InChI is InChI=1S/C26H38N4O5/c1-26(2,3)35-25(34)30-13-12-28-17-22-9-7-20(15-24(22)33)5-4-19-6-8-21(23(32)14-19)16-27-10-11-29-18-31/h6-9,14-15,18,27-28,32-33H,4-5,10-13,16-17H2,1-3H3,(H,29,31)(H,30,34). The van der Waals surface area contributed by atoms with Crippen LogP contribution in [0, 0.1) is 0 Å². The second kappa shape index (κ2) is 14.2. The summed E-state index contributed by atoms with van der Waals surface area (Å²) >= 11 is 0. The summed E-state index contributed by atoms with van der Waals surface area (Å²) in [6.07, 6.45) is 1.68. The fraction of sp³-hybridized carbons (Fsp3) is 0.462. The number of phenols is 2. The first-order chi connectivity index (χ1) is 16.7. The lowest BCUT2D eigenvalue weighted by Crippen LogP contribution is -2.36. The average Bonchev–Trinajstić information content (AvgIpc) is 2.78. The number of benzene rings is 2. The Balaban J connectivity index is 1.73. The highest BCUT2D eigenvalue weighted by Gasteiger charge is 2.15. The van der Waals surface area contributed by atoms with E-state index < -0.39 is 11.7 Å². The van der Waals surface area contributed by atoms with Gasteiger partial charge in [-0.15, -0.1) is 0 Å². The number of aromatic hydroxyl groups is 2. The van der Waals surface area contributed by atoms with Crippen LogP contribution in [0.25, 0.3) is 0 Å². The summed E-state index contributed by atoms with van der Waals surface area (Å²) in [4.78, 5) is 21.9. The molecule has 0 heterocycles. The van der Waals surface area contributed by atoms with Crippen molar-refractivity contribution < 1.29 is 24.5 Å². The number of nitrogens with one attached hydrogen (secondary N) is 4. The maximum absolute atomic E-state index is 11.6. The van der Waals surface area contributed by atoms with Crippen LogP contribution in [0.1, 0.15) is 43.0 Å². The Labute approximate surface area is 207 Å². The summed E-state index contributed by atoms with van der Waals surface area (Å²) in [6, 6.07) is 11.3. The van der Waals surface area contributed by atoms with Gasteiger partial charge in [0.25, 0.3) is 0 Å². The highest BCUT2D eigenvalue weighted by Crippen LogP contribution is 2.22. The van der Waals surface area contributed by atoms with Gasteiger partial charge < -0.3 is 36.2 Å². The smallest absolute Gasteiger partial charge is 0.407 e. The second-order valence-electron chi connectivity index (χ2n) is 9.28. The molecule has 9 heteroatoms. The molecule has 192 valence electrons. The molecule has 0 atom stereocenters. The normalized spacial score (nSPS) is 11.2. The minimum Gasteiger partial charge on any atom is -0.508 e. The molecule has 35 heavy (non-hydrogen) atoms. The van der Waals surface area contributed by atoms with E-state index in [0.717, 1.165) is 35.1 Å². The van der Waals surface area contributed by atoms with Gasteiger partial charge in [-0.05, 0) is 56.9 Å². The molecule has 0 spiro atoms. The van der Waals surface area contributed by atoms with Crippen LogP contribution >= 0.6 is 0 Å². The number of aryl methyl sites for hydroxylation is 2. The van der Waals surface area contributed by atoms with Gasteiger partial charge >= 0.3 is 6.09 Å². The molecule has 9 nitrogen and oxygen atoms in total. The summed E-state index contributed by atoms with van der Waals surface area (Å²) in [5.41, 5.74) is 3.07. The third-order valence-corrected chi connectivity index (χ3v) is 5.13. The fourth-order valence-electron chi connectivity index (χ4n) is 3.35. The first kappa shape index (κ1) is 27.9. The maximum Gasteiger partial charge on any atom is 0.407 e. The van der Waals surface area contributed by atoms with Crippen molar-refractivity contribution in [1.82, 2.24) is 21.3 Å². The molecule has 0 fully saturated rings. The summed E-state index contributed by atoms with van der Waals surface area (Å²) < 4.78 is 5.18. The quantitative estimate of drug-likeness (QED) is 0.178. The number of carbonyl (C=O) groups is 2. The first-order valence-corrected chi connectivity index (χ1v) is 11.8. The second-order valence-corrected chi connectivity index (χ2v) is 9.28. The summed E-state index contributed by atoms with van der Waals surface area (Å²) in [5, 5.41) is 32.3. The summed E-state index contributed by atoms with van der Waals surface area (Å²) in [6.45, 7) is 8.58. The van der Waals surface area contributed by atoms with Gasteiger partial charge in [0.1, 0.15) is 17.1 Å². The van der Waals surface area contributed by atoms with Crippen molar-refractivity contribution in [1.29, 1.82) is 0 Å². The van der Waals surface area contributed by atoms with E-state index in [1.54, 1.807) is 12.1 Å². The predicted molar refractivity (Wildman–Crippen MR) is 135 cm³/mol. The van der Waals surface area contributed by atoms with Gasteiger partial charge in [0.05, 0.1) is 0 Å². The minimum atomic E-state index is -0.525. The van der Waals surface area contributed by atoms with Crippen molar-refractivity contribution in [3.05, 3.63) is 58.7 Å². The number of hydrogen-bond acceptors (Lipinski definition) is 7. The number of ether oxygens (including phenoxy) is 1. The van der Waals surface area contributed by atoms with E-state index in [1.165, 1.54) is 0 Å². The lowest BCUT2D eigenvalue weighted by molar-refractivity contribution is -0.109. The molecule has 0 aliphatic carbocycles. The molecule has 0 saturated heterocycles. The van der Waals surface area contributed by atoms with Crippen LogP contribution in [0.3, 0.4) is 0 Å². The summed E-state index contributed by atoms with van der Waals surface area (Å²) in [7, 11) is 0. The molecule has 2 amide bonds. The van der Waals surface area contributed by atoms with Gasteiger partial charge in [-0.1, -0.05) is 24.3 Å². The van der Waals surface area contributed by atoms with Crippen LogP contribution in [0.15, 0.2) is 36.4 Å². The van der Waals surface area contributed by atoms with E-state index in [-0.39, 0.29) is 11.5 Å². The molecule has 0 saturated carbocycles. The maximum atomic E-state index is 11.6. The molecular weight excluding hydrogens is 448 g/mol. The highest BCUT2D eigenvalue weighted by molar-refractivity contribution is 5.67. The van der Waals surface area contributed by atoms with Gasteiger partial charge in [0.15, 0.2) is 0 Å². The predicted octanol–water partition coefficient (Wildman–Crippen LogP) is 2.33. The van der Waals surface area contributed by atoms with Gasteiger partial charge in [0.2, 0.25) is 6.41 Å². The lowest BCUT2D eigenvalue weighted by Gasteiger charge is -2.19. The topological polar surface area (TPSA) is 132 Å². The molecule has 6 N–H and O–H groups in total. The van der Waals surface area contributed by atoms with Gasteiger partial charge in [-0.25, -0.2) is 4.79 Å². The van der Waals surface area contributed by atoms with Crippen LogP contribution in [0.2, 0.25) is 0 Å². The number of phenolic OH excluding ortho intramolecular Hbond substituents is 2. The Morgan fingerprint density at radius 3 is 1.83 bits per heavy atom. The number of rotatable bonds is 14. The highest BCUT2D eigenvalue weighted by atomic mass is 16.6. The Kier molecular flexibility index (Phi) is 11.3. The van der Waals surface area contributed by atoms with Crippen LogP contribution in [0.5, 0.6) is 11.5 Å². The Bertz CT molecular complexity index is 959. The van der Waals surface area contributed by atoms with Crippen LogP contribution in [-0.4, -0.2) is 54.5 Å². The van der Waals surface area contributed by atoms with Crippen LogP contribution in [-0.2, 0) is 35.5 Å². The minimum absolute atomic E-state index is 0.225. The SMILES string of the molecule is CC(C)(C)OC(=O)NCCNCc1ccc(CCc2ccc(CNCCNC=O)c(O)c2)cc1O. The van der Waals surface area contributed by atoms with Crippen molar-refractivity contribution in [2.75, 3.05) is 26.2 Å². The van der Waals surface area contributed by atoms with Crippen LogP contribution < -0.4 is 21.3 Å². The van der Waals surface area contributed by atoms with E-state index in [0.29, 0.717) is 45.7 Å². The van der Waals surface area contributed by atoms with E-state index in [4.69, 9.17) is 4.74 Å². The third kappa shape index (κ3) is 11.1. The molecule has 2 aromatic rings. The third-order valence-electron chi connectivity index (χ3n) is 5.13. The zero-order valence-corrected chi connectivity index (χ0v) is 20.8. The first-order valence-electron chi connectivity index (χ1n) is 11.8. The summed E-state index contributed by atoms with van der Waals surface area (Å²) in [5.74, 6) is 0.465. The molecule has 0 aromatic heterocycles. The van der Waals surface area contributed by atoms with E-state index in [1.807, 2.05) is 45.0 Å². The largest absolute Gasteiger partial charge is 0.508 e. The molecule has 0 bridgehead atoms. The molecule has 2 rings (SSSR count). The zero-order chi connectivity index (χ0) is 25.7. The molecule has 0 unspecified atom stereocenters. The lowest BCUT2D eigenvalue weighted by atomic mass is 10.0. The molecular formula is C26H38N4O5. The van der Waals surface area contributed by atoms with Crippen molar-refractivity contribution in [2.24, 2.45) is 0 Å². The molecule has 0 aliphatic heterocycles. The van der Waals surface area contributed by atoms with Crippen molar-refractivity contribution in [2.45, 2.75) is 52.3 Å². The monoisotopic (exact) mass is 486 g/mol. The van der Waals surface area contributed by atoms with Gasteiger partial charge in [-0.3, -0.25) is 4.79 Å². The molecule has 0 aliphatic rings. The number of alkyl carbamates (subject to hydrolysis) is 1. The number of amides is 2. The Morgan fingerprint density at radius 2 is 1.37 bits per heavy atom. The van der Waals surface area contributed by atoms with Crippen molar-refractivity contribution >= 4 is 12.5 Å². The van der Waals surface area contributed by atoms with Gasteiger partial charge in [0, 0.05) is 50.4 Å². The van der Waals surface area contributed by atoms with Crippen LogP contribution in [0.4, 0.5) is 4.79 Å². The Morgan fingerprint density at radius 1 is 0.857 bits per heavy atom. The molecule has 2 aromatic carbocycles. The van der Waals surface area contributed by atoms with E-state index in [9.17, 15) is 19.8 Å². The Hall–Kier alpha value is -3.30. The average molecular weight is 487 g/mol. The fourth-order valence-corrected chi connectivity index (χ4v) is 3.35. The van der Waals surface area contributed by atoms with Gasteiger partial charge in [-0.2, -0.15) is 0 Å². The van der Waals surface area contributed by atoms with Crippen molar-refractivity contribution in [3.8, 4) is 11.5 Å². The molecule has 0 radical (unpaired) electrons. The van der Waals surface area contributed by atoms with E-state index >= 15 is 0 Å². The number of hydrogen-bond donors (Lipinski definition) is 6. The zero-order valence-electron chi connectivity index (χ0n) is 20.8. The van der Waals surface area contributed by atoms with E-state index in [2.05, 4.69) is 21.3 Å².